The van der Waals surface area contributed by atoms with E-state index >= 15 is 0 Å². The van der Waals surface area contributed by atoms with Crippen LogP contribution in [0, 0.1) is 0 Å². The molecule has 0 aliphatic rings. The van der Waals surface area contributed by atoms with Gasteiger partial charge in [0.2, 0.25) is 11.9 Å². The molecule has 1 atom stereocenters. The van der Waals surface area contributed by atoms with Gasteiger partial charge in [0.05, 0.1) is 13.7 Å². The standard InChI is InChI=1S/C24H45NO5/c1-4-5-6-7-8-9-10-11-12-13-14-15-16-17-18-19-20-30-24(28)22(23(27)29-3)25-21(2)26/h22H,4-20H2,1-3H3,(H,25,26). The van der Waals surface area contributed by atoms with Gasteiger partial charge in [-0.1, -0.05) is 103 Å². The van der Waals surface area contributed by atoms with Crippen LogP contribution in [0.15, 0.2) is 0 Å². The summed E-state index contributed by atoms with van der Waals surface area (Å²) in [5.41, 5.74) is 0. The second-order valence-corrected chi connectivity index (χ2v) is 8.13. The zero-order valence-electron chi connectivity index (χ0n) is 19.6. The van der Waals surface area contributed by atoms with Gasteiger partial charge in [0, 0.05) is 6.92 Å². The highest BCUT2D eigenvalue weighted by Crippen LogP contribution is 2.13. The van der Waals surface area contributed by atoms with Gasteiger partial charge in [-0.2, -0.15) is 0 Å². The molecule has 0 bridgehead atoms. The first kappa shape index (κ1) is 28.4. The maximum absolute atomic E-state index is 11.9. The zero-order valence-corrected chi connectivity index (χ0v) is 19.6. The molecule has 0 rings (SSSR count). The van der Waals surface area contributed by atoms with Crippen molar-refractivity contribution in [2.75, 3.05) is 13.7 Å². The Morgan fingerprint density at radius 2 is 1.07 bits per heavy atom. The van der Waals surface area contributed by atoms with Gasteiger partial charge in [0.25, 0.3) is 0 Å². The number of methoxy groups -OCH3 is 1. The smallest absolute Gasteiger partial charge is 0.340 e. The normalized spacial score (nSPS) is 11.7. The van der Waals surface area contributed by atoms with Crippen molar-refractivity contribution in [2.24, 2.45) is 0 Å². The highest BCUT2D eigenvalue weighted by atomic mass is 16.6. The number of nitrogens with one attached hydrogen (secondary N) is 1. The highest BCUT2D eigenvalue weighted by Gasteiger charge is 2.29. The molecule has 0 aromatic rings. The molecule has 0 radical (unpaired) electrons. The first-order valence-corrected chi connectivity index (χ1v) is 12.0. The van der Waals surface area contributed by atoms with Crippen LogP contribution in [0.25, 0.3) is 0 Å². The molecular formula is C24H45NO5. The van der Waals surface area contributed by atoms with E-state index in [0.29, 0.717) is 0 Å². The summed E-state index contributed by atoms with van der Waals surface area (Å²) in [5.74, 6) is -2.06. The van der Waals surface area contributed by atoms with Crippen LogP contribution >= 0.6 is 0 Å². The molecule has 176 valence electrons. The summed E-state index contributed by atoms with van der Waals surface area (Å²) in [6.07, 6.45) is 20.5. The van der Waals surface area contributed by atoms with Gasteiger partial charge in [0.15, 0.2) is 0 Å². The Morgan fingerprint density at radius 3 is 1.43 bits per heavy atom. The molecule has 0 saturated heterocycles. The minimum absolute atomic E-state index is 0.254. The molecule has 1 amide bonds. The number of unbranched alkanes of at least 4 members (excludes halogenated alkanes) is 15. The third kappa shape index (κ3) is 17.3. The van der Waals surface area contributed by atoms with E-state index in [0.717, 1.165) is 19.3 Å². The molecule has 30 heavy (non-hydrogen) atoms. The average Bonchev–Trinajstić information content (AvgIpc) is 2.73. The van der Waals surface area contributed by atoms with E-state index in [1.165, 1.54) is 97.5 Å². The third-order valence-corrected chi connectivity index (χ3v) is 5.26. The SMILES string of the molecule is CCCCCCCCCCCCCCCCCCOC(=O)C(NC(C)=O)C(=O)OC. The summed E-state index contributed by atoms with van der Waals surface area (Å²) >= 11 is 0. The fourth-order valence-electron chi connectivity index (χ4n) is 3.44. The Balaban J connectivity index is 3.46. The molecule has 0 aromatic carbocycles. The van der Waals surface area contributed by atoms with Crippen molar-refractivity contribution >= 4 is 17.8 Å². The minimum atomic E-state index is -1.38. The van der Waals surface area contributed by atoms with Gasteiger partial charge in [-0.3, -0.25) is 4.79 Å². The van der Waals surface area contributed by atoms with Crippen LogP contribution in [-0.4, -0.2) is 37.6 Å². The van der Waals surface area contributed by atoms with Crippen LogP contribution in [-0.2, 0) is 23.9 Å². The molecule has 0 saturated carbocycles. The topological polar surface area (TPSA) is 81.7 Å². The lowest BCUT2D eigenvalue weighted by molar-refractivity contribution is -0.158. The number of rotatable bonds is 20. The fourth-order valence-corrected chi connectivity index (χ4v) is 3.44. The Labute approximate surface area is 183 Å². The van der Waals surface area contributed by atoms with E-state index in [1.807, 2.05) is 0 Å². The lowest BCUT2D eigenvalue weighted by Gasteiger charge is -2.14. The summed E-state index contributed by atoms with van der Waals surface area (Å²) in [6.45, 7) is 3.75. The molecule has 0 fully saturated rings. The van der Waals surface area contributed by atoms with E-state index in [4.69, 9.17) is 4.74 Å². The summed E-state index contributed by atoms with van der Waals surface area (Å²) in [4.78, 5) is 34.5. The van der Waals surface area contributed by atoms with Crippen molar-refractivity contribution in [3.05, 3.63) is 0 Å². The van der Waals surface area contributed by atoms with Crippen molar-refractivity contribution in [3.63, 3.8) is 0 Å². The van der Waals surface area contributed by atoms with Gasteiger partial charge in [-0.15, -0.1) is 0 Å². The zero-order chi connectivity index (χ0) is 22.5. The van der Waals surface area contributed by atoms with Crippen LogP contribution in [0.3, 0.4) is 0 Å². The van der Waals surface area contributed by atoms with Crippen LogP contribution < -0.4 is 5.32 Å². The molecule has 6 nitrogen and oxygen atoms in total. The molecule has 1 unspecified atom stereocenters. The minimum Gasteiger partial charge on any atom is -0.467 e. The van der Waals surface area contributed by atoms with Crippen molar-refractivity contribution < 1.29 is 23.9 Å². The van der Waals surface area contributed by atoms with Gasteiger partial charge in [-0.05, 0) is 6.42 Å². The number of hydrogen-bond acceptors (Lipinski definition) is 5. The fraction of sp³-hybridized carbons (Fsp3) is 0.875. The first-order chi connectivity index (χ1) is 14.5. The van der Waals surface area contributed by atoms with E-state index in [-0.39, 0.29) is 6.61 Å². The summed E-state index contributed by atoms with van der Waals surface area (Å²) in [7, 11) is 1.17. The second-order valence-electron chi connectivity index (χ2n) is 8.13. The van der Waals surface area contributed by atoms with Crippen molar-refractivity contribution in [1.82, 2.24) is 5.32 Å². The maximum atomic E-state index is 11.9. The number of carbonyl (C=O) groups is 3. The van der Waals surface area contributed by atoms with Crippen LogP contribution in [0.1, 0.15) is 117 Å². The Kier molecular flexibility index (Phi) is 19.6. The predicted molar refractivity (Wildman–Crippen MR) is 120 cm³/mol. The van der Waals surface area contributed by atoms with Gasteiger partial charge >= 0.3 is 11.9 Å². The van der Waals surface area contributed by atoms with E-state index in [9.17, 15) is 14.4 Å². The number of ether oxygens (including phenoxy) is 2. The molecule has 6 heteroatoms. The average molecular weight is 428 g/mol. The highest BCUT2D eigenvalue weighted by molar-refractivity contribution is 6.02. The van der Waals surface area contributed by atoms with Gasteiger partial charge in [0.1, 0.15) is 0 Å². The van der Waals surface area contributed by atoms with Crippen molar-refractivity contribution in [2.45, 2.75) is 123 Å². The number of amides is 1. The number of hydrogen-bond donors (Lipinski definition) is 1. The Hall–Kier alpha value is -1.59. The van der Waals surface area contributed by atoms with E-state index in [1.54, 1.807) is 0 Å². The van der Waals surface area contributed by atoms with Gasteiger partial charge < -0.3 is 14.8 Å². The summed E-state index contributed by atoms with van der Waals surface area (Å²) in [6, 6.07) is -1.38. The molecular weight excluding hydrogens is 382 g/mol. The van der Waals surface area contributed by atoms with Crippen LogP contribution in [0.5, 0.6) is 0 Å². The first-order valence-electron chi connectivity index (χ1n) is 12.0. The quantitative estimate of drug-likeness (QED) is 0.158. The summed E-state index contributed by atoms with van der Waals surface area (Å²) in [5, 5.41) is 2.25. The number of esters is 2. The Bertz CT molecular complexity index is 453. The predicted octanol–water partition coefficient (Wildman–Crippen LogP) is 5.47. The lowest BCUT2D eigenvalue weighted by Crippen LogP contribution is -2.47. The van der Waals surface area contributed by atoms with Crippen molar-refractivity contribution in [3.8, 4) is 0 Å². The third-order valence-electron chi connectivity index (χ3n) is 5.26. The van der Waals surface area contributed by atoms with Crippen LogP contribution in [0.4, 0.5) is 0 Å². The number of carbonyl (C=O) groups excluding carboxylic acids is 3. The maximum Gasteiger partial charge on any atom is 0.340 e. The molecule has 1 N–H and O–H groups in total. The largest absolute Gasteiger partial charge is 0.467 e. The van der Waals surface area contributed by atoms with E-state index in [2.05, 4.69) is 17.0 Å². The lowest BCUT2D eigenvalue weighted by atomic mass is 10.0. The van der Waals surface area contributed by atoms with Crippen LogP contribution in [0.2, 0.25) is 0 Å². The van der Waals surface area contributed by atoms with Gasteiger partial charge in [-0.25, -0.2) is 9.59 Å². The van der Waals surface area contributed by atoms with Crippen molar-refractivity contribution in [1.29, 1.82) is 0 Å². The molecule has 0 aliphatic heterocycles. The molecule has 0 heterocycles. The molecule has 0 aliphatic carbocycles. The molecule has 0 aromatic heterocycles. The van der Waals surface area contributed by atoms with E-state index < -0.39 is 23.9 Å². The Morgan fingerprint density at radius 1 is 0.667 bits per heavy atom. The molecule has 0 spiro atoms. The monoisotopic (exact) mass is 427 g/mol. The summed E-state index contributed by atoms with van der Waals surface area (Å²) < 4.78 is 9.61. The second kappa shape index (κ2) is 20.7.